The van der Waals surface area contributed by atoms with Gasteiger partial charge in [-0.15, -0.1) is 0 Å². The number of rotatable bonds is 3. The maximum absolute atomic E-state index is 5.78. The molecule has 2 aromatic rings. The number of hydrogen-bond acceptors (Lipinski definition) is 7. The molecule has 7 heteroatoms. The number of nitrogens with zero attached hydrogens (tertiary/aromatic N) is 5. The second-order valence-corrected chi connectivity index (χ2v) is 5.17. The smallest absolute Gasteiger partial charge is 0.229 e. The van der Waals surface area contributed by atoms with Gasteiger partial charge < -0.3 is 20.9 Å². The van der Waals surface area contributed by atoms with Gasteiger partial charge >= 0.3 is 0 Å². The fourth-order valence-corrected chi connectivity index (χ4v) is 2.38. The largest absolute Gasteiger partial charge is 0.382 e. The summed E-state index contributed by atoms with van der Waals surface area (Å²) in [5.41, 5.74) is 8.08. The van der Waals surface area contributed by atoms with Crippen molar-refractivity contribution in [2.24, 2.45) is 0 Å². The van der Waals surface area contributed by atoms with Crippen molar-refractivity contribution in [1.82, 2.24) is 15.0 Å². The molecule has 1 aromatic carbocycles. The summed E-state index contributed by atoms with van der Waals surface area (Å²) in [6, 6.07) is 8.24. The third kappa shape index (κ3) is 2.81. The van der Waals surface area contributed by atoms with Crippen molar-refractivity contribution in [3.05, 3.63) is 30.1 Å². The fourth-order valence-electron chi connectivity index (χ4n) is 2.38. The minimum absolute atomic E-state index is 0.257. The van der Waals surface area contributed by atoms with Gasteiger partial charge in [0.15, 0.2) is 5.82 Å². The van der Waals surface area contributed by atoms with Crippen molar-refractivity contribution in [2.75, 3.05) is 48.0 Å². The molecule has 110 valence electrons. The maximum atomic E-state index is 5.78. The van der Waals surface area contributed by atoms with Gasteiger partial charge in [0.1, 0.15) is 0 Å². The average Bonchev–Trinajstić information content (AvgIpc) is 2.47. The zero-order chi connectivity index (χ0) is 14.8. The molecule has 1 aromatic heterocycles. The van der Waals surface area contributed by atoms with Gasteiger partial charge in [0.25, 0.3) is 0 Å². The van der Waals surface area contributed by atoms with Crippen LogP contribution in [0.1, 0.15) is 5.82 Å². The Hall–Kier alpha value is -2.57. The van der Waals surface area contributed by atoms with Crippen molar-refractivity contribution in [2.45, 2.75) is 6.54 Å². The minimum Gasteiger partial charge on any atom is -0.382 e. The SMILES string of the molecule is CN(C)c1nc(N)nc(CN2CCNc3ccccc32)n1. The highest BCUT2D eigenvalue weighted by molar-refractivity contribution is 5.71. The molecule has 0 amide bonds. The molecule has 0 radical (unpaired) electrons. The summed E-state index contributed by atoms with van der Waals surface area (Å²) in [5, 5.41) is 3.39. The van der Waals surface area contributed by atoms with Crippen LogP contribution < -0.4 is 20.9 Å². The third-order valence-corrected chi connectivity index (χ3v) is 3.36. The van der Waals surface area contributed by atoms with Gasteiger partial charge in [0.2, 0.25) is 11.9 Å². The Labute approximate surface area is 123 Å². The lowest BCUT2D eigenvalue weighted by atomic mass is 10.2. The molecule has 21 heavy (non-hydrogen) atoms. The van der Waals surface area contributed by atoms with Gasteiger partial charge in [-0.3, -0.25) is 0 Å². The van der Waals surface area contributed by atoms with E-state index in [1.165, 1.54) is 0 Å². The first-order chi connectivity index (χ1) is 10.1. The van der Waals surface area contributed by atoms with Crippen LogP contribution in [0.5, 0.6) is 0 Å². The normalized spacial score (nSPS) is 13.5. The van der Waals surface area contributed by atoms with Crippen molar-refractivity contribution >= 4 is 23.3 Å². The zero-order valence-electron chi connectivity index (χ0n) is 12.2. The number of nitrogens with two attached hydrogens (primary N) is 1. The Kier molecular flexibility index (Phi) is 3.47. The van der Waals surface area contributed by atoms with E-state index in [0.29, 0.717) is 18.3 Å². The van der Waals surface area contributed by atoms with Crippen LogP contribution in [0.15, 0.2) is 24.3 Å². The van der Waals surface area contributed by atoms with Crippen LogP contribution >= 0.6 is 0 Å². The van der Waals surface area contributed by atoms with E-state index in [-0.39, 0.29) is 5.95 Å². The molecule has 0 atom stereocenters. The molecule has 3 rings (SSSR count). The van der Waals surface area contributed by atoms with E-state index in [4.69, 9.17) is 5.73 Å². The highest BCUT2D eigenvalue weighted by Gasteiger charge is 2.18. The van der Waals surface area contributed by atoms with E-state index in [2.05, 4.69) is 37.3 Å². The maximum Gasteiger partial charge on any atom is 0.229 e. The minimum atomic E-state index is 0.257. The number of nitrogens with one attached hydrogen (secondary N) is 1. The highest BCUT2D eigenvalue weighted by Crippen LogP contribution is 2.29. The lowest BCUT2D eigenvalue weighted by Crippen LogP contribution is -2.34. The summed E-state index contributed by atoms with van der Waals surface area (Å²) < 4.78 is 0. The molecule has 0 saturated heterocycles. The second kappa shape index (κ2) is 5.43. The predicted octanol–water partition coefficient (Wildman–Crippen LogP) is 0.952. The number of fused-ring (bicyclic) bond motifs is 1. The molecule has 0 fully saturated rings. The highest BCUT2D eigenvalue weighted by atomic mass is 15.3. The van der Waals surface area contributed by atoms with Crippen LogP contribution in [0.4, 0.5) is 23.3 Å². The molecule has 0 aliphatic carbocycles. The standard InChI is InChI=1S/C14H19N7/c1-20(2)14-18-12(17-13(15)19-14)9-21-8-7-16-10-5-3-4-6-11(10)21/h3-6,16H,7-9H2,1-2H3,(H2,15,17,18,19). The summed E-state index contributed by atoms with van der Waals surface area (Å²) in [5.74, 6) is 1.52. The summed E-state index contributed by atoms with van der Waals surface area (Å²) in [4.78, 5) is 16.9. The lowest BCUT2D eigenvalue weighted by molar-refractivity contribution is 0.742. The number of hydrogen-bond donors (Lipinski definition) is 2. The quantitative estimate of drug-likeness (QED) is 0.868. The molecule has 1 aliphatic heterocycles. The van der Waals surface area contributed by atoms with E-state index < -0.39 is 0 Å². The van der Waals surface area contributed by atoms with Crippen molar-refractivity contribution in [3.8, 4) is 0 Å². The van der Waals surface area contributed by atoms with Crippen LogP contribution in [0.25, 0.3) is 0 Å². The van der Waals surface area contributed by atoms with Crippen LogP contribution in [0.3, 0.4) is 0 Å². The van der Waals surface area contributed by atoms with Crippen molar-refractivity contribution < 1.29 is 0 Å². The van der Waals surface area contributed by atoms with Crippen LogP contribution in [-0.2, 0) is 6.54 Å². The molecule has 0 saturated carbocycles. The van der Waals surface area contributed by atoms with Gasteiger partial charge in [-0.05, 0) is 12.1 Å². The van der Waals surface area contributed by atoms with Gasteiger partial charge in [-0.1, -0.05) is 12.1 Å². The molecule has 0 spiro atoms. The van der Waals surface area contributed by atoms with Gasteiger partial charge in [0, 0.05) is 27.2 Å². The second-order valence-electron chi connectivity index (χ2n) is 5.17. The number of aromatic nitrogens is 3. The monoisotopic (exact) mass is 285 g/mol. The Bertz CT molecular complexity index is 641. The first-order valence-electron chi connectivity index (χ1n) is 6.89. The van der Waals surface area contributed by atoms with Crippen LogP contribution in [-0.4, -0.2) is 42.1 Å². The summed E-state index contributed by atoms with van der Waals surface area (Å²) in [7, 11) is 3.78. The van der Waals surface area contributed by atoms with Gasteiger partial charge in [0.05, 0.1) is 17.9 Å². The van der Waals surface area contributed by atoms with E-state index >= 15 is 0 Å². The molecule has 2 heterocycles. The Morgan fingerprint density at radius 2 is 2.05 bits per heavy atom. The Morgan fingerprint density at radius 3 is 2.86 bits per heavy atom. The summed E-state index contributed by atoms with van der Waals surface area (Å²) >= 11 is 0. The molecule has 3 N–H and O–H groups in total. The van der Waals surface area contributed by atoms with Crippen molar-refractivity contribution in [1.29, 1.82) is 0 Å². The Balaban J connectivity index is 1.88. The molecular weight excluding hydrogens is 266 g/mol. The topological polar surface area (TPSA) is 83.2 Å². The summed E-state index contributed by atoms with van der Waals surface area (Å²) in [6.45, 7) is 2.42. The molecular formula is C14H19N7. The van der Waals surface area contributed by atoms with Crippen LogP contribution in [0.2, 0.25) is 0 Å². The first-order valence-corrected chi connectivity index (χ1v) is 6.89. The Morgan fingerprint density at radius 1 is 1.24 bits per heavy atom. The first kappa shape index (κ1) is 13.4. The molecule has 0 bridgehead atoms. The van der Waals surface area contributed by atoms with Gasteiger partial charge in [-0.2, -0.15) is 15.0 Å². The third-order valence-electron chi connectivity index (χ3n) is 3.36. The van der Waals surface area contributed by atoms with Gasteiger partial charge in [-0.25, -0.2) is 0 Å². The number of anilines is 4. The lowest BCUT2D eigenvalue weighted by Gasteiger charge is -2.31. The van der Waals surface area contributed by atoms with Crippen molar-refractivity contribution in [3.63, 3.8) is 0 Å². The molecule has 7 nitrogen and oxygen atoms in total. The average molecular weight is 285 g/mol. The molecule has 0 unspecified atom stereocenters. The van der Waals surface area contributed by atoms with Crippen LogP contribution in [0, 0.1) is 0 Å². The van der Waals surface area contributed by atoms with E-state index in [0.717, 1.165) is 24.5 Å². The summed E-state index contributed by atoms with van der Waals surface area (Å²) in [6.07, 6.45) is 0. The van der Waals surface area contributed by atoms with E-state index in [1.54, 1.807) is 0 Å². The number of nitrogen functional groups attached to an aromatic ring is 1. The molecule has 1 aliphatic rings. The predicted molar refractivity (Wildman–Crippen MR) is 84.5 cm³/mol. The fraction of sp³-hybridized carbons (Fsp3) is 0.357. The zero-order valence-corrected chi connectivity index (χ0v) is 12.2. The van der Waals surface area contributed by atoms with E-state index in [1.807, 2.05) is 31.1 Å². The number of benzene rings is 1. The number of para-hydroxylation sites is 2. The van der Waals surface area contributed by atoms with E-state index in [9.17, 15) is 0 Å².